The lowest BCUT2D eigenvalue weighted by molar-refractivity contribution is 0.148. The van der Waals surface area contributed by atoms with Crippen molar-refractivity contribution in [3.05, 3.63) is 0 Å². The molecule has 1 rings (SSSR count). The van der Waals surface area contributed by atoms with Gasteiger partial charge in [-0.25, -0.2) is 0 Å². The van der Waals surface area contributed by atoms with Crippen LogP contribution in [0.3, 0.4) is 0 Å². The Balaban J connectivity index is 2.71. The molecule has 1 saturated heterocycles. The molecule has 7 heteroatoms. The second-order valence-electron chi connectivity index (χ2n) is 5.08. The molecule has 1 aliphatic heterocycles. The Bertz CT molecular complexity index is 345. The molecule has 108 valence electrons. The van der Waals surface area contributed by atoms with Gasteiger partial charge in [-0.15, -0.1) is 0 Å². The Morgan fingerprint density at radius 2 is 1.89 bits per heavy atom. The molecule has 1 aliphatic rings. The Hall–Kier alpha value is -0.210. The SMILES string of the molecule is CN(C)CCN(C)S(=O)(=O)N1CCCCC1CO. The standard InChI is InChI=1S/C11H25N3O3S/c1-12(2)8-9-13(3)18(16,17)14-7-5-4-6-11(14)10-15/h11,15H,4-10H2,1-3H3. The van der Waals surface area contributed by atoms with Crippen LogP contribution in [0.5, 0.6) is 0 Å². The van der Waals surface area contributed by atoms with E-state index in [1.807, 2.05) is 19.0 Å². The largest absolute Gasteiger partial charge is 0.395 e. The van der Waals surface area contributed by atoms with Gasteiger partial charge in [0, 0.05) is 32.7 Å². The average molecular weight is 279 g/mol. The first-order chi connectivity index (χ1) is 8.39. The number of nitrogens with zero attached hydrogens (tertiary/aromatic N) is 3. The predicted molar refractivity (Wildman–Crippen MR) is 71.5 cm³/mol. The lowest BCUT2D eigenvalue weighted by Crippen LogP contribution is -2.51. The molecule has 18 heavy (non-hydrogen) atoms. The molecule has 0 spiro atoms. The minimum absolute atomic E-state index is 0.0965. The van der Waals surface area contributed by atoms with E-state index in [9.17, 15) is 13.5 Å². The van der Waals surface area contributed by atoms with Crippen molar-refractivity contribution in [1.29, 1.82) is 0 Å². The highest BCUT2D eigenvalue weighted by molar-refractivity contribution is 7.86. The third kappa shape index (κ3) is 3.89. The van der Waals surface area contributed by atoms with E-state index >= 15 is 0 Å². The molecule has 0 bridgehead atoms. The third-order valence-electron chi connectivity index (χ3n) is 3.34. The van der Waals surface area contributed by atoms with Crippen LogP contribution < -0.4 is 0 Å². The van der Waals surface area contributed by atoms with Crippen LogP contribution in [0.25, 0.3) is 0 Å². The molecule has 1 heterocycles. The highest BCUT2D eigenvalue weighted by Crippen LogP contribution is 2.21. The van der Waals surface area contributed by atoms with E-state index in [1.165, 1.54) is 8.61 Å². The van der Waals surface area contributed by atoms with Crippen LogP contribution in [-0.2, 0) is 10.2 Å². The van der Waals surface area contributed by atoms with E-state index in [-0.39, 0.29) is 12.6 Å². The summed E-state index contributed by atoms with van der Waals surface area (Å²) in [6.45, 7) is 1.57. The van der Waals surface area contributed by atoms with Crippen LogP contribution in [0.4, 0.5) is 0 Å². The molecule has 0 saturated carbocycles. The number of piperidine rings is 1. The van der Waals surface area contributed by atoms with E-state index in [2.05, 4.69) is 0 Å². The summed E-state index contributed by atoms with van der Waals surface area (Å²) >= 11 is 0. The molecule has 0 aromatic rings. The highest BCUT2D eigenvalue weighted by atomic mass is 32.2. The van der Waals surface area contributed by atoms with Crippen molar-refractivity contribution in [1.82, 2.24) is 13.5 Å². The van der Waals surface area contributed by atoms with Gasteiger partial charge in [0.15, 0.2) is 0 Å². The zero-order chi connectivity index (χ0) is 13.8. The Kier molecular flexibility index (Phi) is 6.00. The molecule has 0 aromatic carbocycles. The second kappa shape index (κ2) is 6.81. The summed E-state index contributed by atoms with van der Waals surface area (Å²) in [7, 11) is 1.99. The molecule has 1 atom stereocenters. The van der Waals surface area contributed by atoms with Gasteiger partial charge < -0.3 is 10.0 Å². The van der Waals surface area contributed by atoms with Crippen molar-refractivity contribution in [2.24, 2.45) is 0 Å². The molecule has 0 radical (unpaired) electrons. The van der Waals surface area contributed by atoms with Gasteiger partial charge in [0.25, 0.3) is 10.2 Å². The van der Waals surface area contributed by atoms with Gasteiger partial charge in [-0.1, -0.05) is 6.42 Å². The van der Waals surface area contributed by atoms with Crippen LogP contribution in [0.15, 0.2) is 0 Å². The summed E-state index contributed by atoms with van der Waals surface area (Å²) in [5.41, 5.74) is 0. The molecule has 1 fully saturated rings. The first kappa shape index (κ1) is 15.8. The van der Waals surface area contributed by atoms with Gasteiger partial charge in [0.1, 0.15) is 0 Å². The monoisotopic (exact) mass is 279 g/mol. The van der Waals surface area contributed by atoms with Gasteiger partial charge in [0.2, 0.25) is 0 Å². The lowest BCUT2D eigenvalue weighted by Gasteiger charge is -2.36. The fourth-order valence-corrected chi connectivity index (χ4v) is 3.67. The molecule has 0 aromatic heterocycles. The number of aliphatic hydroxyl groups excluding tert-OH is 1. The summed E-state index contributed by atoms with van der Waals surface area (Å²) < 4.78 is 27.6. The van der Waals surface area contributed by atoms with Crippen LogP contribution >= 0.6 is 0 Å². The summed E-state index contributed by atoms with van der Waals surface area (Å²) in [5.74, 6) is 0. The zero-order valence-electron chi connectivity index (χ0n) is 11.5. The smallest absolute Gasteiger partial charge is 0.282 e. The van der Waals surface area contributed by atoms with Gasteiger partial charge in [0.05, 0.1) is 6.61 Å². The van der Waals surface area contributed by atoms with E-state index in [0.717, 1.165) is 19.3 Å². The fourth-order valence-electron chi connectivity index (χ4n) is 2.10. The van der Waals surface area contributed by atoms with Crippen LogP contribution in [0.2, 0.25) is 0 Å². The van der Waals surface area contributed by atoms with Gasteiger partial charge in [-0.2, -0.15) is 17.0 Å². The summed E-state index contributed by atoms with van der Waals surface area (Å²) in [6.07, 6.45) is 2.60. The van der Waals surface area contributed by atoms with Crippen molar-refractivity contribution >= 4 is 10.2 Å². The first-order valence-electron chi connectivity index (χ1n) is 6.38. The molecule has 0 amide bonds. The summed E-state index contributed by atoms with van der Waals surface area (Å²) in [4.78, 5) is 1.95. The molecule has 6 nitrogen and oxygen atoms in total. The Labute approximate surface area is 110 Å². The van der Waals surface area contributed by atoms with E-state index in [1.54, 1.807) is 7.05 Å². The molecule has 1 unspecified atom stereocenters. The number of hydrogen-bond acceptors (Lipinski definition) is 4. The number of rotatable bonds is 6. The molecular formula is C11H25N3O3S. The number of aliphatic hydroxyl groups is 1. The van der Waals surface area contributed by atoms with Crippen molar-refractivity contribution in [2.75, 3.05) is 47.4 Å². The Morgan fingerprint density at radius 3 is 2.44 bits per heavy atom. The lowest BCUT2D eigenvalue weighted by atomic mass is 10.1. The van der Waals surface area contributed by atoms with Gasteiger partial charge in [-0.3, -0.25) is 0 Å². The van der Waals surface area contributed by atoms with Gasteiger partial charge in [-0.05, 0) is 26.9 Å². The zero-order valence-corrected chi connectivity index (χ0v) is 12.4. The average Bonchev–Trinajstić information content (AvgIpc) is 2.35. The highest BCUT2D eigenvalue weighted by Gasteiger charge is 2.34. The minimum atomic E-state index is -3.44. The van der Waals surface area contributed by atoms with E-state index in [4.69, 9.17) is 0 Å². The summed E-state index contributed by atoms with van der Waals surface area (Å²) in [6, 6.07) is -0.259. The maximum atomic E-state index is 12.4. The number of likely N-dealkylation sites (N-methyl/N-ethyl adjacent to an activating group) is 2. The fraction of sp³-hybridized carbons (Fsp3) is 1.00. The van der Waals surface area contributed by atoms with Crippen LogP contribution in [0.1, 0.15) is 19.3 Å². The topological polar surface area (TPSA) is 64.1 Å². The van der Waals surface area contributed by atoms with Crippen LogP contribution in [-0.4, -0.2) is 80.5 Å². The molecule has 0 aliphatic carbocycles. The third-order valence-corrected chi connectivity index (χ3v) is 5.38. The van der Waals surface area contributed by atoms with Crippen molar-refractivity contribution < 1.29 is 13.5 Å². The van der Waals surface area contributed by atoms with Crippen molar-refractivity contribution in [2.45, 2.75) is 25.3 Å². The quantitative estimate of drug-likeness (QED) is 0.717. The Morgan fingerprint density at radius 1 is 1.22 bits per heavy atom. The van der Waals surface area contributed by atoms with Crippen molar-refractivity contribution in [3.63, 3.8) is 0 Å². The normalized spacial score (nSPS) is 22.9. The second-order valence-corrected chi connectivity index (χ2v) is 7.06. The predicted octanol–water partition coefficient (Wildman–Crippen LogP) is -0.429. The minimum Gasteiger partial charge on any atom is -0.395 e. The van der Waals surface area contributed by atoms with Gasteiger partial charge >= 0.3 is 0 Å². The number of hydrogen-bond donors (Lipinski definition) is 1. The molecular weight excluding hydrogens is 254 g/mol. The molecule has 1 N–H and O–H groups in total. The van der Waals surface area contributed by atoms with Crippen LogP contribution in [0, 0.1) is 0 Å². The maximum absolute atomic E-state index is 12.4. The van der Waals surface area contributed by atoms with Crippen molar-refractivity contribution in [3.8, 4) is 0 Å². The maximum Gasteiger partial charge on any atom is 0.282 e. The first-order valence-corrected chi connectivity index (χ1v) is 7.78. The van der Waals surface area contributed by atoms with E-state index in [0.29, 0.717) is 19.6 Å². The summed E-state index contributed by atoms with van der Waals surface area (Å²) in [5, 5.41) is 9.29. The van der Waals surface area contributed by atoms with E-state index < -0.39 is 10.2 Å².